The molecule has 0 bridgehead atoms. The Labute approximate surface area is 128 Å². The molecule has 1 saturated carbocycles. The molecule has 1 aliphatic heterocycles. The molecule has 1 aliphatic carbocycles. The Morgan fingerprint density at radius 3 is 2.62 bits per heavy atom. The number of hydrogen-bond donors (Lipinski definition) is 1. The summed E-state index contributed by atoms with van der Waals surface area (Å²) >= 11 is 0. The van der Waals surface area contributed by atoms with Gasteiger partial charge in [-0.05, 0) is 37.9 Å². The Balaban J connectivity index is 1.52. The quantitative estimate of drug-likeness (QED) is 0.864. The molecule has 0 aromatic heterocycles. The van der Waals surface area contributed by atoms with E-state index in [4.69, 9.17) is 4.74 Å². The topological polar surface area (TPSA) is 27.7 Å². The zero-order valence-corrected chi connectivity index (χ0v) is 13.2. The number of methoxy groups -OCH3 is 1. The maximum absolute atomic E-state index is 5.32. The van der Waals surface area contributed by atoms with Gasteiger partial charge >= 0.3 is 0 Å². The molecular formula is C17H27N3O. The minimum Gasteiger partial charge on any atom is -0.497 e. The van der Waals surface area contributed by atoms with Crippen molar-refractivity contribution in [3.63, 3.8) is 0 Å². The molecule has 1 N–H and O–H groups in total. The van der Waals surface area contributed by atoms with Gasteiger partial charge in [0, 0.05) is 50.5 Å². The molecule has 2 fully saturated rings. The fourth-order valence-corrected chi connectivity index (χ4v) is 3.25. The van der Waals surface area contributed by atoms with Crippen molar-refractivity contribution in [3.8, 4) is 5.75 Å². The maximum atomic E-state index is 5.32. The van der Waals surface area contributed by atoms with Crippen LogP contribution in [0.4, 0.5) is 5.69 Å². The standard InChI is InChI=1S/C17H27N3O/c1-18-17(14-6-7-14)13-19-8-10-20(11-9-19)15-4-3-5-16(12-15)21-2/h3-5,12,14,17-18H,6-11,13H2,1-2H3. The average molecular weight is 289 g/mol. The summed E-state index contributed by atoms with van der Waals surface area (Å²) in [4.78, 5) is 5.07. The summed E-state index contributed by atoms with van der Waals surface area (Å²) in [6.07, 6.45) is 2.82. The van der Waals surface area contributed by atoms with Crippen molar-refractivity contribution in [2.75, 3.05) is 51.8 Å². The van der Waals surface area contributed by atoms with Crippen molar-refractivity contribution in [1.82, 2.24) is 10.2 Å². The zero-order valence-electron chi connectivity index (χ0n) is 13.2. The lowest BCUT2D eigenvalue weighted by Crippen LogP contribution is -2.50. The highest BCUT2D eigenvalue weighted by molar-refractivity contribution is 5.51. The van der Waals surface area contributed by atoms with Gasteiger partial charge in [0.2, 0.25) is 0 Å². The van der Waals surface area contributed by atoms with Crippen molar-refractivity contribution >= 4 is 5.69 Å². The molecule has 21 heavy (non-hydrogen) atoms. The number of hydrogen-bond acceptors (Lipinski definition) is 4. The Morgan fingerprint density at radius 2 is 2.00 bits per heavy atom. The van der Waals surface area contributed by atoms with Crippen LogP contribution in [0.2, 0.25) is 0 Å². The fraction of sp³-hybridized carbons (Fsp3) is 0.647. The highest BCUT2D eigenvalue weighted by Gasteiger charge is 2.31. The number of nitrogens with one attached hydrogen (secondary N) is 1. The third-order valence-electron chi connectivity index (χ3n) is 4.81. The lowest BCUT2D eigenvalue weighted by molar-refractivity contribution is 0.223. The molecule has 1 heterocycles. The molecule has 0 amide bonds. The number of rotatable bonds is 6. The van der Waals surface area contributed by atoms with E-state index in [0.717, 1.165) is 37.8 Å². The van der Waals surface area contributed by atoms with Gasteiger partial charge in [-0.25, -0.2) is 0 Å². The first-order valence-electron chi connectivity index (χ1n) is 8.09. The van der Waals surface area contributed by atoms with Crippen LogP contribution in [0.5, 0.6) is 5.75 Å². The summed E-state index contributed by atoms with van der Waals surface area (Å²) < 4.78 is 5.32. The SMILES string of the molecule is CNC(CN1CCN(c2cccc(OC)c2)CC1)C1CC1. The molecule has 4 nitrogen and oxygen atoms in total. The van der Waals surface area contributed by atoms with Gasteiger partial charge < -0.3 is 15.0 Å². The summed E-state index contributed by atoms with van der Waals surface area (Å²) in [5.41, 5.74) is 1.28. The van der Waals surface area contributed by atoms with Crippen LogP contribution < -0.4 is 15.0 Å². The summed E-state index contributed by atoms with van der Waals surface area (Å²) in [5, 5.41) is 3.50. The average Bonchev–Trinajstić information content (AvgIpc) is 3.38. The van der Waals surface area contributed by atoms with E-state index in [2.05, 4.69) is 40.4 Å². The van der Waals surface area contributed by atoms with Gasteiger partial charge in [0.25, 0.3) is 0 Å². The van der Waals surface area contributed by atoms with Gasteiger partial charge in [-0.3, -0.25) is 4.90 Å². The summed E-state index contributed by atoms with van der Waals surface area (Å²) in [6.45, 7) is 5.72. The molecule has 116 valence electrons. The van der Waals surface area contributed by atoms with Crippen molar-refractivity contribution in [1.29, 1.82) is 0 Å². The minimum absolute atomic E-state index is 0.688. The van der Waals surface area contributed by atoms with E-state index in [1.165, 1.54) is 25.1 Å². The van der Waals surface area contributed by atoms with Crippen LogP contribution in [0.15, 0.2) is 24.3 Å². The Kier molecular flexibility index (Phi) is 4.66. The molecule has 1 atom stereocenters. The summed E-state index contributed by atoms with van der Waals surface area (Å²) in [7, 11) is 3.84. The smallest absolute Gasteiger partial charge is 0.120 e. The highest BCUT2D eigenvalue weighted by atomic mass is 16.5. The molecule has 0 spiro atoms. The lowest BCUT2D eigenvalue weighted by atomic mass is 10.1. The van der Waals surface area contributed by atoms with Crippen molar-refractivity contribution in [2.24, 2.45) is 5.92 Å². The van der Waals surface area contributed by atoms with Gasteiger partial charge in [-0.15, -0.1) is 0 Å². The Morgan fingerprint density at radius 1 is 1.24 bits per heavy atom. The van der Waals surface area contributed by atoms with Crippen LogP contribution in [-0.2, 0) is 0 Å². The van der Waals surface area contributed by atoms with Crippen molar-refractivity contribution in [3.05, 3.63) is 24.3 Å². The number of likely N-dealkylation sites (N-methyl/N-ethyl adjacent to an activating group) is 1. The molecule has 2 aliphatic rings. The maximum Gasteiger partial charge on any atom is 0.120 e. The number of benzene rings is 1. The predicted molar refractivity (Wildman–Crippen MR) is 87.2 cm³/mol. The highest BCUT2D eigenvalue weighted by Crippen LogP contribution is 2.33. The third-order valence-corrected chi connectivity index (χ3v) is 4.81. The van der Waals surface area contributed by atoms with Crippen molar-refractivity contribution in [2.45, 2.75) is 18.9 Å². The van der Waals surface area contributed by atoms with E-state index >= 15 is 0 Å². The van der Waals surface area contributed by atoms with Gasteiger partial charge in [0.1, 0.15) is 5.75 Å². The molecule has 1 unspecified atom stereocenters. The molecule has 0 radical (unpaired) electrons. The van der Waals surface area contributed by atoms with E-state index in [1.807, 2.05) is 6.07 Å². The van der Waals surface area contributed by atoms with Gasteiger partial charge in [0.15, 0.2) is 0 Å². The number of nitrogens with zero attached hydrogens (tertiary/aromatic N) is 2. The van der Waals surface area contributed by atoms with Gasteiger partial charge in [-0.2, -0.15) is 0 Å². The van der Waals surface area contributed by atoms with E-state index in [0.29, 0.717) is 6.04 Å². The summed E-state index contributed by atoms with van der Waals surface area (Å²) in [6, 6.07) is 9.08. The monoisotopic (exact) mass is 289 g/mol. The first kappa shape index (κ1) is 14.7. The van der Waals surface area contributed by atoms with Crippen LogP contribution in [-0.4, -0.2) is 57.8 Å². The zero-order chi connectivity index (χ0) is 14.7. The molecule has 3 rings (SSSR count). The fourth-order valence-electron chi connectivity index (χ4n) is 3.25. The first-order chi connectivity index (χ1) is 10.3. The molecule has 1 aromatic rings. The molecular weight excluding hydrogens is 262 g/mol. The van der Waals surface area contributed by atoms with Crippen LogP contribution in [0, 0.1) is 5.92 Å². The number of anilines is 1. The predicted octanol–water partition coefficient (Wildman–Crippen LogP) is 1.82. The number of piperazine rings is 1. The Hall–Kier alpha value is -1.26. The molecule has 1 saturated heterocycles. The summed E-state index contributed by atoms with van der Waals surface area (Å²) in [5.74, 6) is 1.87. The lowest BCUT2D eigenvalue weighted by Gasteiger charge is -2.37. The van der Waals surface area contributed by atoms with Crippen LogP contribution >= 0.6 is 0 Å². The van der Waals surface area contributed by atoms with Crippen LogP contribution in [0.25, 0.3) is 0 Å². The largest absolute Gasteiger partial charge is 0.497 e. The third kappa shape index (κ3) is 3.69. The van der Waals surface area contributed by atoms with Crippen LogP contribution in [0.3, 0.4) is 0 Å². The Bertz CT molecular complexity index is 453. The second kappa shape index (κ2) is 6.67. The first-order valence-corrected chi connectivity index (χ1v) is 8.09. The second-order valence-electron chi connectivity index (χ2n) is 6.22. The normalized spacial score (nSPS) is 21.3. The minimum atomic E-state index is 0.688. The van der Waals surface area contributed by atoms with Crippen LogP contribution in [0.1, 0.15) is 12.8 Å². The van der Waals surface area contributed by atoms with Crippen molar-refractivity contribution < 1.29 is 4.74 Å². The van der Waals surface area contributed by atoms with Gasteiger partial charge in [-0.1, -0.05) is 6.07 Å². The van der Waals surface area contributed by atoms with E-state index < -0.39 is 0 Å². The number of ether oxygens (including phenoxy) is 1. The second-order valence-corrected chi connectivity index (χ2v) is 6.22. The van der Waals surface area contributed by atoms with E-state index in [-0.39, 0.29) is 0 Å². The van der Waals surface area contributed by atoms with E-state index in [1.54, 1.807) is 7.11 Å². The van der Waals surface area contributed by atoms with Gasteiger partial charge in [0.05, 0.1) is 7.11 Å². The van der Waals surface area contributed by atoms with E-state index in [9.17, 15) is 0 Å². The molecule has 1 aromatic carbocycles. The molecule has 4 heteroatoms.